The van der Waals surface area contributed by atoms with Gasteiger partial charge in [-0.2, -0.15) is 0 Å². The highest BCUT2D eigenvalue weighted by Gasteiger charge is 2.53. The second kappa shape index (κ2) is 20.3. The fraction of sp³-hybridized carbons (Fsp3) is 0.491. The number of piperidine rings is 1. The Morgan fingerprint density at radius 2 is 1.80 bits per heavy atom. The molecule has 2 aromatic heterocycles. The van der Waals surface area contributed by atoms with Crippen LogP contribution < -0.4 is 10.7 Å². The van der Waals surface area contributed by atoms with Gasteiger partial charge in [0.1, 0.15) is 18.8 Å². The zero-order valence-electron chi connectivity index (χ0n) is 40.8. The van der Waals surface area contributed by atoms with E-state index < -0.39 is 46.8 Å². The lowest BCUT2D eigenvalue weighted by molar-refractivity contribution is -0.155. The van der Waals surface area contributed by atoms with Crippen LogP contribution in [0.4, 0.5) is 0 Å². The monoisotopic (exact) mass is 959 g/mol. The van der Waals surface area contributed by atoms with Gasteiger partial charge in [0.15, 0.2) is 5.60 Å². The largest absolute Gasteiger partial charge is 0.464 e. The van der Waals surface area contributed by atoms with Crippen LogP contribution in [-0.2, 0) is 57.6 Å². The summed E-state index contributed by atoms with van der Waals surface area (Å²) in [5, 5.41) is 5.41. The Hall–Kier alpha value is -5.81. The summed E-state index contributed by atoms with van der Waals surface area (Å²) in [6, 6.07) is 16.8. The maximum atomic E-state index is 14.8. The van der Waals surface area contributed by atoms with Gasteiger partial charge in [0.05, 0.1) is 35.0 Å². The lowest BCUT2D eigenvalue weighted by Gasteiger charge is -2.37. The van der Waals surface area contributed by atoms with Crippen molar-refractivity contribution < 1.29 is 38.2 Å². The quantitative estimate of drug-likeness (QED) is 0.104. The molecule has 3 saturated heterocycles. The normalized spacial score (nSPS) is 21.5. The van der Waals surface area contributed by atoms with Crippen LogP contribution in [0.5, 0.6) is 0 Å². The van der Waals surface area contributed by atoms with E-state index in [4.69, 9.17) is 31.4 Å². The molecule has 3 fully saturated rings. The van der Waals surface area contributed by atoms with Gasteiger partial charge < -0.3 is 33.9 Å². The van der Waals surface area contributed by atoms with Gasteiger partial charge in [0.25, 0.3) is 5.91 Å². The summed E-state index contributed by atoms with van der Waals surface area (Å²) in [4.78, 5) is 77.6. The number of thiocarbonyl (C=S) groups is 1. The Labute approximate surface area is 409 Å². The Kier molecular flexibility index (Phi) is 14.6. The van der Waals surface area contributed by atoms with Crippen molar-refractivity contribution in [1.29, 1.82) is 0 Å². The summed E-state index contributed by atoms with van der Waals surface area (Å²) in [5.41, 5.74) is 9.25. The summed E-state index contributed by atoms with van der Waals surface area (Å²) in [7, 11) is 1.69. The van der Waals surface area contributed by atoms with Gasteiger partial charge >= 0.3 is 5.97 Å². The molecule has 4 amide bonds. The van der Waals surface area contributed by atoms with Gasteiger partial charge in [0.2, 0.25) is 17.7 Å². The molecular weight excluding hydrogens is 895 g/mol. The third-order valence-electron chi connectivity index (χ3n) is 14.3. The van der Waals surface area contributed by atoms with Crippen molar-refractivity contribution in [3.05, 3.63) is 90.3 Å². The predicted molar refractivity (Wildman–Crippen MR) is 266 cm³/mol. The third-order valence-corrected chi connectivity index (χ3v) is 14.7. The van der Waals surface area contributed by atoms with E-state index >= 15 is 0 Å². The molecule has 2 aromatic carbocycles. The molecule has 4 aliphatic rings. The zero-order valence-corrected chi connectivity index (χ0v) is 41.7. The average molecular weight is 960 g/mol. The van der Waals surface area contributed by atoms with E-state index in [9.17, 15) is 24.0 Å². The highest BCUT2D eigenvalue weighted by molar-refractivity contribution is 7.80. The van der Waals surface area contributed by atoms with Crippen LogP contribution in [0.2, 0.25) is 0 Å². The van der Waals surface area contributed by atoms with Crippen molar-refractivity contribution in [2.24, 2.45) is 17.3 Å². The number of carbonyl (C=O) groups is 5. The van der Waals surface area contributed by atoms with Crippen LogP contribution in [0.1, 0.15) is 90.2 Å². The highest BCUT2D eigenvalue weighted by Crippen LogP contribution is 2.42. The molecule has 6 heterocycles. The number of esters is 1. The molecule has 0 saturated carbocycles. The van der Waals surface area contributed by atoms with Gasteiger partial charge in [-0.3, -0.25) is 34.0 Å². The van der Waals surface area contributed by atoms with Crippen molar-refractivity contribution >= 4 is 57.7 Å². The number of rotatable bonds is 9. The first-order valence-electron chi connectivity index (χ1n) is 24.2. The molecule has 4 aliphatic heterocycles. The van der Waals surface area contributed by atoms with Crippen LogP contribution in [0, 0.1) is 17.3 Å². The Morgan fingerprint density at radius 3 is 2.51 bits per heavy atom. The van der Waals surface area contributed by atoms with E-state index in [0.29, 0.717) is 58.3 Å². The molecule has 0 radical (unpaired) electrons. The number of fused-ring (bicyclic) bond motifs is 6. The Balaban J connectivity index is 1.15. The summed E-state index contributed by atoms with van der Waals surface area (Å²) >= 11 is 6.03. The molecular formula is C53H65N7O8S. The number of nitrogens with one attached hydrogen (secondary N) is 2. The number of hydrazine groups is 1. The number of cyclic esters (lactones) is 1. The maximum absolute atomic E-state index is 14.8. The van der Waals surface area contributed by atoms with Crippen LogP contribution in [0.25, 0.3) is 33.3 Å². The molecule has 15 nitrogen and oxygen atoms in total. The zero-order chi connectivity index (χ0) is 49.4. The molecule has 0 aliphatic carbocycles. The van der Waals surface area contributed by atoms with E-state index in [1.807, 2.05) is 45.0 Å². The summed E-state index contributed by atoms with van der Waals surface area (Å²) in [6.07, 6.45) is 5.08. The predicted octanol–water partition coefficient (Wildman–Crippen LogP) is 6.71. The number of hydrogen-bond donors (Lipinski definition) is 2. The van der Waals surface area contributed by atoms with E-state index in [2.05, 4.69) is 73.0 Å². The van der Waals surface area contributed by atoms with Crippen molar-refractivity contribution in [2.45, 2.75) is 110 Å². The van der Waals surface area contributed by atoms with Gasteiger partial charge in [-0.15, -0.1) is 0 Å². The number of benzene rings is 2. The van der Waals surface area contributed by atoms with E-state index in [1.165, 1.54) is 16.0 Å². The van der Waals surface area contributed by atoms with E-state index in [-0.39, 0.29) is 48.6 Å². The van der Waals surface area contributed by atoms with Crippen molar-refractivity contribution in [3.63, 3.8) is 0 Å². The molecule has 2 N–H and O–H groups in total. The van der Waals surface area contributed by atoms with Gasteiger partial charge in [0, 0.05) is 74.2 Å². The van der Waals surface area contributed by atoms with Gasteiger partial charge in [-0.25, -0.2) is 5.43 Å². The van der Waals surface area contributed by atoms with Gasteiger partial charge in [-0.1, -0.05) is 76.8 Å². The number of likely N-dealkylation sites (tertiary alicyclic amines) is 1. The van der Waals surface area contributed by atoms with Gasteiger partial charge in [-0.05, 0) is 98.0 Å². The number of hydrogen-bond acceptors (Lipinski definition) is 11. The lowest BCUT2D eigenvalue weighted by atomic mass is 9.84. The Bertz CT molecular complexity index is 2670. The molecule has 366 valence electrons. The number of amides is 4. The average Bonchev–Trinajstić information content (AvgIpc) is 3.82. The highest BCUT2D eigenvalue weighted by atomic mass is 32.1. The maximum Gasteiger partial charge on any atom is 0.324 e. The van der Waals surface area contributed by atoms with Crippen LogP contribution >= 0.6 is 12.2 Å². The molecule has 4 atom stereocenters. The van der Waals surface area contributed by atoms with Crippen LogP contribution in [0.3, 0.4) is 0 Å². The second-order valence-electron chi connectivity index (χ2n) is 20.0. The molecule has 16 heteroatoms. The number of pyridine rings is 1. The SMILES string of the molecule is C=CC(=O)N1CCC2(CC1)OCN([C@H](C(=O)NC(=S)[C@H]1Cc3cccc(c3)-c3ccc4c(c3)c(c(-c3cccnc3[C@H](C)OC)n4CC)CC(C)(C)COC(=O)[C@@H]3CCCN(N3)C1=O)C(C)C)C2=O. The molecule has 1 spiro atoms. The van der Waals surface area contributed by atoms with Crippen molar-refractivity contribution in [2.75, 3.05) is 40.1 Å². The molecule has 0 unspecified atom stereocenters. The lowest BCUT2D eigenvalue weighted by Crippen LogP contribution is -2.59. The first-order valence-corrected chi connectivity index (χ1v) is 24.6. The first-order chi connectivity index (χ1) is 33.0. The first kappa shape index (κ1) is 49.6. The fourth-order valence-electron chi connectivity index (χ4n) is 10.5. The minimum absolute atomic E-state index is 0.000659. The molecule has 8 rings (SSSR count). The molecule has 4 aromatic rings. The molecule has 6 bridgehead atoms. The number of nitrogens with zero attached hydrogens (tertiary/aromatic N) is 5. The summed E-state index contributed by atoms with van der Waals surface area (Å²) in [5.74, 6) is -3.29. The Morgan fingerprint density at radius 1 is 1.04 bits per heavy atom. The van der Waals surface area contributed by atoms with Crippen LogP contribution in [0.15, 0.2) is 73.4 Å². The second-order valence-corrected chi connectivity index (χ2v) is 20.4. The number of methoxy groups -OCH3 is 1. The van der Waals surface area contributed by atoms with Crippen molar-refractivity contribution in [1.82, 2.24) is 35.1 Å². The minimum atomic E-state index is -1.15. The topological polar surface area (TPSA) is 165 Å². The number of aryl methyl sites for hydroxylation is 1. The standard InChI is InChI=1S/C53H65N7O8S/c1-9-43(61)57-24-20-53(21-25-57)51(65)59(31-68-53)45(32(3)4)47(62)55-48(69)39-27-34-14-11-15-35(26-34)36-18-19-42-38(28-36)40(46(58(42)10-2)37-16-12-22-54-44(37)33(5)66-8)29-52(6,7)30-67-50(64)41-17-13-23-60(56-41)49(39)63/h9,11-12,14-16,18-19,22,26,28,32-33,39,41,45,56H,1,10,13,17,20-21,23-25,27,29-31H2,2-8H3,(H,55,62,69)/t33-,39+,41-,45-/m0/s1. The number of ether oxygens (including phenoxy) is 3. The summed E-state index contributed by atoms with van der Waals surface area (Å²) < 4.78 is 20.5. The number of aromatic nitrogens is 2. The van der Waals surface area contributed by atoms with E-state index in [1.54, 1.807) is 18.2 Å². The van der Waals surface area contributed by atoms with E-state index in [0.717, 1.165) is 50.1 Å². The van der Waals surface area contributed by atoms with Crippen molar-refractivity contribution in [3.8, 4) is 22.4 Å². The number of carbonyl (C=O) groups excluding carboxylic acids is 5. The fourth-order valence-corrected chi connectivity index (χ4v) is 10.8. The molecule has 69 heavy (non-hydrogen) atoms. The summed E-state index contributed by atoms with van der Waals surface area (Å²) in [6.45, 7) is 17.3. The minimum Gasteiger partial charge on any atom is -0.464 e. The third kappa shape index (κ3) is 9.86. The van der Waals surface area contributed by atoms with Crippen LogP contribution in [-0.4, -0.2) is 117 Å². The smallest absolute Gasteiger partial charge is 0.324 e.